The fourth-order valence-corrected chi connectivity index (χ4v) is 4.77. The second-order valence-corrected chi connectivity index (χ2v) is 8.34. The molecule has 3 aromatic rings. The molecule has 2 atom stereocenters. The van der Waals surface area contributed by atoms with Crippen molar-refractivity contribution in [3.8, 4) is 11.5 Å². The molecule has 0 aromatic heterocycles. The number of para-hydroxylation sites is 2. The van der Waals surface area contributed by atoms with E-state index in [1.807, 2.05) is 48.5 Å². The summed E-state index contributed by atoms with van der Waals surface area (Å²) in [6.45, 7) is 0. The van der Waals surface area contributed by atoms with Crippen molar-refractivity contribution in [3.05, 3.63) is 94.9 Å². The number of nitrogens with one attached hydrogen (secondary N) is 2. The van der Waals surface area contributed by atoms with Gasteiger partial charge in [0.05, 0.1) is 31.6 Å². The first kappa shape index (κ1) is 21.1. The van der Waals surface area contributed by atoms with E-state index in [0.717, 1.165) is 28.2 Å². The third-order valence-corrected chi connectivity index (χ3v) is 6.37. The molecule has 168 valence electrons. The zero-order chi connectivity index (χ0) is 22.9. The van der Waals surface area contributed by atoms with Crippen LogP contribution in [0.5, 0.6) is 11.5 Å². The molecular formula is C27H25FN2O3. The molecule has 2 unspecified atom stereocenters. The lowest BCUT2D eigenvalue weighted by Gasteiger charge is -2.30. The van der Waals surface area contributed by atoms with Crippen molar-refractivity contribution in [1.82, 2.24) is 0 Å². The van der Waals surface area contributed by atoms with Gasteiger partial charge >= 0.3 is 0 Å². The highest BCUT2D eigenvalue weighted by Gasteiger charge is 2.36. The fraction of sp³-hybridized carbons (Fsp3) is 0.222. The van der Waals surface area contributed by atoms with Crippen molar-refractivity contribution in [3.63, 3.8) is 0 Å². The van der Waals surface area contributed by atoms with Gasteiger partial charge in [-0.1, -0.05) is 30.3 Å². The number of anilines is 2. The number of rotatable bonds is 4. The Balaban J connectivity index is 1.58. The number of carbonyl (C=O) groups is 1. The number of hydrogen-bond acceptors (Lipinski definition) is 5. The number of halogens is 1. The largest absolute Gasteiger partial charge is 0.493 e. The third kappa shape index (κ3) is 3.93. The Morgan fingerprint density at radius 3 is 2.39 bits per heavy atom. The van der Waals surface area contributed by atoms with E-state index < -0.39 is 6.04 Å². The molecule has 1 aliphatic heterocycles. The second kappa shape index (κ2) is 8.62. The van der Waals surface area contributed by atoms with Crippen LogP contribution in [0.15, 0.2) is 78.0 Å². The quantitative estimate of drug-likeness (QED) is 0.531. The first-order valence-corrected chi connectivity index (χ1v) is 10.9. The van der Waals surface area contributed by atoms with E-state index in [1.165, 1.54) is 12.1 Å². The Hall–Kier alpha value is -3.80. The van der Waals surface area contributed by atoms with Crippen LogP contribution >= 0.6 is 0 Å². The predicted molar refractivity (Wildman–Crippen MR) is 126 cm³/mol. The average molecular weight is 445 g/mol. The van der Waals surface area contributed by atoms with Crippen molar-refractivity contribution in [1.29, 1.82) is 0 Å². The summed E-state index contributed by atoms with van der Waals surface area (Å²) in [5.41, 5.74) is 5.02. The molecule has 5 nitrogen and oxygen atoms in total. The van der Waals surface area contributed by atoms with Gasteiger partial charge in [0.2, 0.25) is 0 Å². The topological polar surface area (TPSA) is 59.6 Å². The van der Waals surface area contributed by atoms with E-state index in [4.69, 9.17) is 9.47 Å². The standard InChI is InChI=1S/C27H25FN2O3/c1-32-24-11-10-16(15-25(24)33-2)18-13-22-26(23(31)14-18)27(17-6-5-7-19(28)12-17)30-21-9-4-3-8-20(21)29-22/h3-12,15,18,27,29-30H,13-14H2,1-2H3. The molecule has 0 spiro atoms. The molecule has 6 heteroatoms. The summed E-state index contributed by atoms with van der Waals surface area (Å²) in [4.78, 5) is 13.6. The SMILES string of the molecule is COc1ccc(C2CC(=O)C3=C(C2)Nc2ccccc2NC3c2cccc(F)c2)cc1OC. The van der Waals surface area contributed by atoms with Crippen LogP contribution in [0.3, 0.4) is 0 Å². The summed E-state index contributed by atoms with van der Waals surface area (Å²) >= 11 is 0. The molecule has 0 saturated heterocycles. The molecule has 1 heterocycles. The molecule has 2 N–H and O–H groups in total. The minimum Gasteiger partial charge on any atom is -0.493 e. The van der Waals surface area contributed by atoms with Crippen LogP contribution in [-0.2, 0) is 4.79 Å². The summed E-state index contributed by atoms with van der Waals surface area (Å²) in [5, 5.41) is 6.98. The molecule has 1 aliphatic carbocycles. The van der Waals surface area contributed by atoms with Crippen LogP contribution < -0.4 is 20.1 Å². The summed E-state index contributed by atoms with van der Waals surface area (Å²) in [6, 6.07) is 19.6. The predicted octanol–water partition coefficient (Wildman–Crippen LogP) is 5.82. The summed E-state index contributed by atoms with van der Waals surface area (Å²) < 4.78 is 24.9. The highest BCUT2D eigenvalue weighted by Crippen LogP contribution is 2.45. The number of carbonyl (C=O) groups excluding carboxylic acids is 1. The minimum atomic E-state index is -0.439. The Kier molecular flexibility index (Phi) is 5.50. The molecule has 0 radical (unpaired) electrons. The normalized spacial score (nSPS) is 19.5. The molecule has 0 amide bonds. The van der Waals surface area contributed by atoms with Crippen LogP contribution in [0.25, 0.3) is 0 Å². The number of fused-ring (bicyclic) bond motifs is 1. The highest BCUT2D eigenvalue weighted by atomic mass is 19.1. The Morgan fingerprint density at radius 2 is 1.64 bits per heavy atom. The molecule has 0 fully saturated rings. The molecule has 3 aromatic carbocycles. The number of Topliss-reactive ketones (excluding diaryl/α,β-unsaturated/α-hetero) is 1. The second-order valence-electron chi connectivity index (χ2n) is 8.34. The van der Waals surface area contributed by atoms with E-state index >= 15 is 0 Å². The number of hydrogen-bond donors (Lipinski definition) is 2. The van der Waals surface area contributed by atoms with Gasteiger partial charge in [0.1, 0.15) is 5.82 Å². The summed E-state index contributed by atoms with van der Waals surface area (Å²) in [7, 11) is 3.21. The third-order valence-electron chi connectivity index (χ3n) is 6.37. The number of allylic oxidation sites excluding steroid dienone is 1. The Morgan fingerprint density at radius 1 is 0.848 bits per heavy atom. The van der Waals surface area contributed by atoms with E-state index in [9.17, 15) is 9.18 Å². The zero-order valence-corrected chi connectivity index (χ0v) is 18.5. The molecule has 0 bridgehead atoms. The molecule has 2 aliphatic rings. The van der Waals surface area contributed by atoms with Crippen molar-refractivity contribution >= 4 is 17.2 Å². The lowest BCUT2D eigenvalue weighted by atomic mass is 9.78. The van der Waals surface area contributed by atoms with E-state index in [1.54, 1.807) is 20.3 Å². The van der Waals surface area contributed by atoms with Crippen molar-refractivity contribution in [2.75, 3.05) is 24.9 Å². The maximum absolute atomic E-state index is 14.1. The first-order valence-electron chi connectivity index (χ1n) is 10.9. The monoisotopic (exact) mass is 444 g/mol. The van der Waals surface area contributed by atoms with Crippen LogP contribution in [0.2, 0.25) is 0 Å². The fourth-order valence-electron chi connectivity index (χ4n) is 4.77. The zero-order valence-electron chi connectivity index (χ0n) is 18.5. The van der Waals surface area contributed by atoms with Crippen LogP contribution in [0.1, 0.15) is 35.9 Å². The van der Waals surface area contributed by atoms with Gasteiger partial charge in [-0.05, 0) is 59.9 Å². The highest BCUT2D eigenvalue weighted by molar-refractivity contribution is 6.01. The maximum atomic E-state index is 14.1. The number of ketones is 1. The van der Waals surface area contributed by atoms with Gasteiger partial charge in [-0.15, -0.1) is 0 Å². The Bertz CT molecular complexity index is 1250. The van der Waals surface area contributed by atoms with Gasteiger partial charge in [-0.2, -0.15) is 0 Å². The van der Waals surface area contributed by atoms with Gasteiger partial charge in [-0.3, -0.25) is 4.79 Å². The van der Waals surface area contributed by atoms with Gasteiger partial charge in [-0.25, -0.2) is 4.39 Å². The Labute approximate surface area is 192 Å². The van der Waals surface area contributed by atoms with Crippen molar-refractivity contribution < 1.29 is 18.7 Å². The summed E-state index contributed by atoms with van der Waals surface area (Å²) in [6.07, 6.45) is 1.01. The number of benzene rings is 3. The van der Waals surface area contributed by atoms with Gasteiger partial charge < -0.3 is 20.1 Å². The number of ether oxygens (including phenoxy) is 2. The van der Waals surface area contributed by atoms with Crippen LogP contribution in [0.4, 0.5) is 15.8 Å². The van der Waals surface area contributed by atoms with Gasteiger partial charge in [0, 0.05) is 17.7 Å². The first-order chi connectivity index (χ1) is 16.1. The van der Waals surface area contributed by atoms with E-state index in [0.29, 0.717) is 29.9 Å². The lowest BCUT2D eigenvalue weighted by molar-refractivity contribution is -0.116. The molecule has 33 heavy (non-hydrogen) atoms. The maximum Gasteiger partial charge on any atom is 0.163 e. The molecular weight excluding hydrogens is 419 g/mol. The van der Waals surface area contributed by atoms with E-state index in [-0.39, 0.29) is 17.5 Å². The average Bonchev–Trinajstić information content (AvgIpc) is 3.00. The smallest absolute Gasteiger partial charge is 0.163 e. The lowest BCUT2D eigenvalue weighted by Crippen LogP contribution is -2.27. The van der Waals surface area contributed by atoms with Gasteiger partial charge in [0.15, 0.2) is 17.3 Å². The van der Waals surface area contributed by atoms with Crippen molar-refractivity contribution in [2.45, 2.75) is 24.8 Å². The minimum absolute atomic E-state index is 0.0121. The number of methoxy groups -OCH3 is 2. The van der Waals surface area contributed by atoms with Gasteiger partial charge in [0.25, 0.3) is 0 Å². The summed E-state index contributed by atoms with van der Waals surface area (Å²) in [5.74, 6) is 0.995. The molecule has 5 rings (SSSR count). The van der Waals surface area contributed by atoms with Crippen molar-refractivity contribution in [2.24, 2.45) is 0 Å². The molecule has 0 saturated carbocycles. The van der Waals surface area contributed by atoms with Crippen LogP contribution in [0, 0.1) is 5.82 Å². The van der Waals surface area contributed by atoms with Crippen LogP contribution in [-0.4, -0.2) is 20.0 Å². The van der Waals surface area contributed by atoms with E-state index in [2.05, 4.69) is 10.6 Å².